The van der Waals surface area contributed by atoms with Crippen LogP contribution in [0.1, 0.15) is 13.3 Å². The van der Waals surface area contributed by atoms with E-state index in [9.17, 15) is 9.59 Å². The molecule has 0 radical (unpaired) electrons. The summed E-state index contributed by atoms with van der Waals surface area (Å²) in [7, 11) is 1.42. The van der Waals surface area contributed by atoms with E-state index in [0.29, 0.717) is 6.54 Å². The van der Waals surface area contributed by atoms with E-state index < -0.39 is 11.8 Å². The maximum Gasteiger partial charge on any atom is 0.309 e. The molecule has 10 heavy (non-hydrogen) atoms. The summed E-state index contributed by atoms with van der Waals surface area (Å²) in [5.41, 5.74) is 0. The molecule has 0 aliphatic heterocycles. The molecule has 0 atom stereocenters. The normalized spacial score (nSPS) is 8.60. The van der Waals surface area contributed by atoms with Gasteiger partial charge in [-0.05, 0) is 6.42 Å². The molecule has 0 aliphatic rings. The molecule has 0 saturated heterocycles. The zero-order valence-corrected chi connectivity index (χ0v) is 6.23. The fraction of sp³-hybridized carbons (Fsp3) is 0.667. The second-order valence-electron chi connectivity index (χ2n) is 1.84. The molecule has 2 amide bonds. The van der Waals surface area contributed by atoms with Crippen LogP contribution in [0, 0.1) is 0 Å². The Labute approximate surface area is 60.0 Å². The molecule has 0 aliphatic carbocycles. The number of carbonyl (C=O) groups is 2. The number of hydrogen-bond acceptors (Lipinski definition) is 2. The first-order valence-electron chi connectivity index (χ1n) is 3.22. The molecule has 0 bridgehead atoms. The molecule has 0 rings (SSSR count). The van der Waals surface area contributed by atoms with Crippen molar-refractivity contribution in [2.45, 2.75) is 13.3 Å². The van der Waals surface area contributed by atoms with Crippen molar-refractivity contribution in [3.63, 3.8) is 0 Å². The molecule has 0 heterocycles. The molecule has 0 unspecified atom stereocenters. The summed E-state index contributed by atoms with van der Waals surface area (Å²) in [6.45, 7) is 2.47. The molecule has 0 aromatic heterocycles. The van der Waals surface area contributed by atoms with Gasteiger partial charge in [0.15, 0.2) is 0 Å². The first-order valence-corrected chi connectivity index (χ1v) is 3.22. The molecule has 4 heteroatoms. The van der Waals surface area contributed by atoms with Crippen LogP contribution in [0.4, 0.5) is 0 Å². The van der Waals surface area contributed by atoms with Gasteiger partial charge in [0, 0.05) is 13.6 Å². The Morgan fingerprint density at radius 1 is 1.30 bits per heavy atom. The summed E-state index contributed by atoms with van der Waals surface area (Å²) >= 11 is 0. The second kappa shape index (κ2) is 4.78. The van der Waals surface area contributed by atoms with Crippen molar-refractivity contribution in [1.82, 2.24) is 10.6 Å². The van der Waals surface area contributed by atoms with E-state index >= 15 is 0 Å². The zero-order valence-electron chi connectivity index (χ0n) is 6.23. The summed E-state index contributed by atoms with van der Waals surface area (Å²) in [6.07, 6.45) is 0.836. The number of rotatable bonds is 2. The SMILES string of the molecule is CCCNC(=O)C(=O)NC. The van der Waals surface area contributed by atoms with E-state index in [1.54, 1.807) is 0 Å². The van der Waals surface area contributed by atoms with Gasteiger partial charge in [-0.2, -0.15) is 0 Å². The lowest BCUT2D eigenvalue weighted by Crippen LogP contribution is -2.38. The van der Waals surface area contributed by atoms with Crippen molar-refractivity contribution in [2.75, 3.05) is 13.6 Å². The van der Waals surface area contributed by atoms with Crippen LogP contribution in [0.3, 0.4) is 0 Å². The van der Waals surface area contributed by atoms with Gasteiger partial charge in [0.1, 0.15) is 0 Å². The van der Waals surface area contributed by atoms with Crippen LogP contribution in [0.15, 0.2) is 0 Å². The summed E-state index contributed by atoms with van der Waals surface area (Å²) < 4.78 is 0. The first-order chi connectivity index (χ1) is 4.72. The Kier molecular flexibility index (Phi) is 4.28. The minimum Gasteiger partial charge on any atom is -0.351 e. The molecule has 0 fully saturated rings. The van der Waals surface area contributed by atoms with Crippen LogP contribution in [0.5, 0.6) is 0 Å². The Hall–Kier alpha value is -1.06. The average Bonchev–Trinajstić information content (AvgIpc) is 1.98. The number of carbonyl (C=O) groups excluding carboxylic acids is 2. The predicted molar refractivity (Wildman–Crippen MR) is 37.4 cm³/mol. The van der Waals surface area contributed by atoms with Gasteiger partial charge < -0.3 is 10.6 Å². The van der Waals surface area contributed by atoms with Crippen molar-refractivity contribution in [1.29, 1.82) is 0 Å². The molecule has 58 valence electrons. The van der Waals surface area contributed by atoms with Gasteiger partial charge in [-0.1, -0.05) is 6.92 Å². The molecule has 4 nitrogen and oxygen atoms in total. The lowest BCUT2D eigenvalue weighted by atomic mass is 10.4. The number of hydrogen-bond donors (Lipinski definition) is 2. The Bertz CT molecular complexity index is 134. The highest BCUT2D eigenvalue weighted by Gasteiger charge is 2.08. The van der Waals surface area contributed by atoms with Crippen LogP contribution >= 0.6 is 0 Å². The van der Waals surface area contributed by atoms with E-state index in [2.05, 4.69) is 10.6 Å². The van der Waals surface area contributed by atoms with Crippen LogP contribution in [-0.2, 0) is 9.59 Å². The molecule has 0 saturated carbocycles. The highest BCUT2D eigenvalue weighted by molar-refractivity contribution is 6.34. The lowest BCUT2D eigenvalue weighted by molar-refractivity contribution is -0.138. The average molecular weight is 144 g/mol. The van der Waals surface area contributed by atoms with Gasteiger partial charge in [0.2, 0.25) is 0 Å². The minimum absolute atomic E-state index is 0.548. The monoisotopic (exact) mass is 144 g/mol. The molecular weight excluding hydrogens is 132 g/mol. The van der Waals surface area contributed by atoms with Crippen LogP contribution in [0.25, 0.3) is 0 Å². The fourth-order valence-corrected chi connectivity index (χ4v) is 0.432. The zero-order chi connectivity index (χ0) is 7.98. The van der Waals surface area contributed by atoms with E-state index in [1.165, 1.54) is 7.05 Å². The third-order valence-corrected chi connectivity index (χ3v) is 0.969. The highest BCUT2D eigenvalue weighted by atomic mass is 16.2. The topological polar surface area (TPSA) is 58.2 Å². The smallest absolute Gasteiger partial charge is 0.309 e. The van der Waals surface area contributed by atoms with Crippen LogP contribution in [-0.4, -0.2) is 25.4 Å². The number of nitrogens with one attached hydrogen (secondary N) is 2. The lowest BCUT2D eigenvalue weighted by Gasteiger charge is -1.99. The molecule has 0 aromatic rings. The molecule has 2 N–H and O–H groups in total. The molecule has 0 aromatic carbocycles. The maximum atomic E-state index is 10.6. The standard InChI is InChI=1S/C6H12N2O2/c1-3-4-8-6(10)5(9)7-2/h3-4H2,1-2H3,(H,7,9)(H,8,10). The summed E-state index contributed by atoms with van der Waals surface area (Å²) in [4.78, 5) is 21.1. The predicted octanol–water partition coefficient (Wildman–Crippen LogP) is -0.741. The maximum absolute atomic E-state index is 10.6. The number of amides is 2. The summed E-state index contributed by atoms with van der Waals surface area (Å²) in [5, 5.41) is 4.65. The highest BCUT2D eigenvalue weighted by Crippen LogP contribution is 1.70. The van der Waals surface area contributed by atoms with E-state index in [4.69, 9.17) is 0 Å². The first kappa shape index (κ1) is 8.94. The number of likely N-dealkylation sites (N-methyl/N-ethyl adjacent to an activating group) is 1. The quantitative estimate of drug-likeness (QED) is 0.501. The van der Waals surface area contributed by atoms with E-state index in [1.807, 2.05) is 6.92 Å². The van der Waals surface area contributed by atoms with Gasteiger partial charge in [0.05, 0.1) is 0 Å². The van der Waals surface area contributed by atoms with E-state index in [-0.39, 0.29) is 0 Å². The summed E-state index contributed by atoms with van der Waals surface area (Å²) in [6, 6.07) is 0. The van der Waals surface area contributed by atoms with Gasteiger partial charge in [-0.15, -0.1) is 0 Å². The van der Waals surface area contributed by atoms with Crippen LogP contribution in [0.2, 0.25) is 0 Å². The Morgan fingerprint density at radius 3 is 2.30 bits per heavy atom. The van der Waals surface area contributed by atoms with Gasteiger partial charge in [0.25, 0.3) is 0 Å². The fourth-order valence-electron chi connectivity index (χ4n) is 0.432. The van der Waals surface area contributed by atoms with Crippen molar-refractivity contribution in [3.05, 3.63) is 0 Å². The molecular formula is C6H12N2O2. The largest absolute Gasteiger partial charge is 0.351 e. The third kappa shape index (κ3) is 3.06. The minimum atomic E-state index is -0.589. The molecule has 0 spiro atoms. The second-order valence-corrected chi connectivity index (χ2v) is 1.84. The van der Waals surface area contributed by atoms with Crippen molar-refractivity contribution in [3.8, 4) is 0 Å². The summed E-state index contributed by atoms with van der Waals surface area (Å²) in [5.74, 6) is -1.15. The van der Waals surface area contributed by atoms with Gasteiger partial charge >= 0.3 is 11.8 Å². The van der Waals surface area contributed by atoms with Gasteiger partial charge in [-0.3, -0.25) is 9.59 Å². The van der Waals surface area contributed by atoms with Gasteiger partial charge in [-0.25, -0.2) is 0 Å². The van der Waals surface area contributed by atoms with Crippen molar-refractivity contribution >= 4 is 11.8 Å². The Morgan fingerprint density at radius 2 is 1.90 bits per heavy atom. The third-order valence-electron chi connectivity index (χ3n) is 0.969. The Balaban J connectivity index is 3.52. The van der Waals surface area contributed by atoms with Crippen molar-refractivity contribution in [2.24, 2.45) is 0 Å². The van der Waals surface area contributed by atoms with Crippen molar-refractivity contribution < 1.29 is 9.59 Å². The van der Waals surface area contributed by atoms with E-state index in [0.717, 1.165) is 6.42 Å². The van der Waals surface area contributed by atoms with Crippen LogP contribution < -0.4 is 10.6 Å².